The number of benzene rings is 1. The Kier molecular flexibility index (Phi) is 8.90. The van der Waals surface area contributed by atoms with Crippen LogP contribution >= 0.6 is 0 Å². The van der Waals surface area contributed by atoms with Gasteiger partial charge in [-0.1, -0.05) is 24.3 Å². The Labute approximate surface area is 222 Å². The van der Waals surface area contributed by atoms with Gasteiger partial charge >= 0.3 is 31.0 Å². The van der Waals surface area contributed by atoms with E-state index in [9.17, 15) is 19.2 Å². The van der Waals surface area contributed by atoms with Crippen molar-refractivity contribution in [2.75, 3.05) is 6.61 Å². The van der Waals surface area contributed by atoms with Gasteiger partial charge in [0.05, 0.1) is 11.2 Å². The highest BCUT2D eigenvalue weighted by Crippen LogP contribution is 2.39. The molecule has 3 unspecified atom stereocenters. The van der Waals surface area contributed by atoms with Gasteiger partial charge < -0.3 is 33.0 Å². The van der Waals surface area contributed by atoms with Crippen LogP contribution in [-0.4, -0.2) is 73.2 Å². The van der Waals surface area contributed by atoms with E-state index in [4.69, 9.17) is 33.0 Å². The molecule has 2 aliphatic heterocycles. The molecular formula is C26H35BO11. The number of carbonyl (C=O) groups is 4. The molecule has 5 atom stereocenters. The maximum absolute atomic E-state index is 12.1. The summed E-state index contributed by atoms with van der Waals surface area (Å²) in [5.41, 5.74) is 0.105. The fourth-order valence-electron chi connectivity index (χ4n) is 4.36. The number of ether oxygens (including phenoxy) is 5. The smallest absolute Gasteiger partial charge is 0.463 e. The van der Waals surface area contributed by atoms with E-state index >= 15 is 0 Å². The predicted octanol–water partition coefficient (Wildman–Crippen LogP) is 1.78. The molecule has 0 N–H and O–H groups in total. The first-order chi connectivity index (χ1) is 17.6. The molecule has 0 saturated carbocycles. The fourth-order valence-corrected chi connectivity index (χ4v) is 4.36. The number of carbonyl (C=O) groups excluding carboxylic acids is 4. The molecule has 1 aromatic rings. The van der Waals surface area contributed by atoms with Crippen LogP contribution in [0.25, 0.3) is 0 Å². The van der Waals surface area contributed by atoms with E-state index < -0.39 is 72.7 Å². The summed E-state index contributed by atoms with van der Waals surface area (Å²) >= 11 is 0. The standard InChI is InChI=1S/C26H35BO11/c1-14(28)32-13-20-22(33-15(2)29)24(35-17(4)31)23(34-16(3)30)21(36-20)18-10-9-11-19(12-18)27-37-25(5,6)26(7,8)38-27/h9-12,20-24H,13H2,1-8H3/t20?,21-,22-,23?,24?/m1/s1. The summed E-state index contributed by atoms with van der Waals surface area (Å²) in [6.07, 6.45) is -5.69. The van der Waals surface area contributed by atoms with Crippen LogP contribution < -0.4 is 5.46 Å². The molecule has 0 aliphatic carbocycles. The zero-order valence-corrected chi connectivity index (χ0v) is 23.0. The third-order valence-electron chi connectivity index (χ3n) is 6.76. The summed E-state index contributed by atoms with van der Waals surface area (Å²) in [5.74, 6) is -2.63. The van der Waals surface area contributed by atoms with Crippen molar-refractivity contribution in [3.8, 4) is 0 Å². The first-order valence-electron chi connectivity index (χ1n) is 12.4. The van der Waals surface area contributed by atoms with Crippen LogP contribution in [0.1, 0.15) is 67.1 Å². The number of esters is 4. The van der Waals surface area contributed by atoms with Gasteiger partial charge in [-0.3, -0.25) is 19.2 Å². The summed E-state index contributed by atoms with van der Waals surface area (Å²) in [5, 5.41) is 0. The van der Waals surface area contributed by atoms with E-state index in [-0.39, 0.29) is 6.61 Å². The van der Waals surface area contributed by atoms with Crippen molar-refractivity contribution in [2.24, 2.45) is 0 Å². The van der Waals surface area contributed by atoms with Crippen molar-refractivity contribution >= 4 is 36.5 Å². The van der Waals surface area contributed by atoms with Crippen molar-refractivity contribution in [3.63, 3.8) is 0 Å². The first kappa shape index (κ1) is 29.6. The van der Waals surface area contributed by atoms with Crippen LogP contribution in [0.4, 0.5) is 0 Å². The molecule has 3 rings (SSSR count). The Morgan fingerprint density at radius 3 is 1.84 bits per heavy atom. The Hall–Kier alpha value is -2.96. The summed E-state index contributed by atoms with van der Waals surface area (Å²) in [6, 6.07) is 7.12. The first-order valence-corrected chi connectivity index (χ1v) is 12.4. The van der Waals surface area contributed by atoms with Crippen LogP contribution in [0.5, 0.6) is 0 Å². The third kappa shape index (κ3) is 6.72. The van der Waals surface area contributed by atoms with Crippen molar-refractivity contribution in [3.05, 3.63) is 29.8 Å². The normalized spacial score (nSPS) is 27.8. The average Bonchev–Trinajstić information content (AvgIpc) is 3.01. The van der Waals surface area contributed by atoms with Crippen molar-refractivity contribution in [1.82, 2.24) is 0 Å². The fraction of sp³-hybridized carbons (Fsp3) is 0.615. The quantitative estimate of drug-likeness (QED) is 0.288. The van der Waals surface area contributed by atoms with E-state index in [0.717, 1.165) is 0 Å². The molecule has 2 heterocycles. The summed E-state index contributed by atoms with van der Waals surface area (Å²) in [6.45, 7) is 12.2. The van der Waals surface area contributed by atoms with Crippen LogP contribution in [0, 0.1) is 0 Å². The molecule has 0 amide bonds. The number of rotatable bonds is 7. The van der Waals surface area contributed by atoms with Gasteiger partial charge in [0.15, 0.2) is 18.3 Å². The number of hydrogen-bond acceptors (Lipinski definition) is 11. The minimum absolute atomic E-state index is 0.300. The second-order valence-corrected chi connectivity index (χ2v) is 10.4. The molecule has 0 radical (unpaired) electrons. The van der Waals surface area contributed by atoms with E-state index in [1.807, 2.05) is 33.8 Å². The van der Waals surface area contributed by atoms with Crippen molar-refractivity contribution in [1.29, 1.82) is 0 Å². The van der Waals surface area contributed by atoms with Gasteiger partial charge in [-0.15, -0.1) is 0 Å². The maximum Gasteiger partial charge on any atom is 0.494 e. The molecule has 38 heavy (non-hydrogen) atoms. The molecule has 2 saturated heterocycles. The predicted molar refractivity (Wildman–Crippen MR) is 133 cm³/mol. The molecular weight excluding hydrogens is 499 g/mol. The molecule has 0 bridgehead atoms. The van der Waals surface area contributed by atoms with Crippen molar-refractivity contribution < 1.29 is 52.2 Å². The Morgan fingerprint density at radius 1 is 0.789 bits per heavy atom. The summed E-state index contributed by atoms with van der Waals surface area (Å²) < 4.78 is 40.3. The van der Waals surface area contributed by atoms with Crippen molar-refractivity contribution in [2.45, 2.75) is 97.1 Å². The highest BCUT2D eigenvalue weighted by Gasteiger charge is 2.54. The van der Waals surface area contributed by atoms with E-state index in [1.54, 1.807) is 18.2 Å². The molecule has 208 valence electrons. The van der Waals surface area contributed by atoms with Crippen LogP contribution in [-0.2, 0) is 52.2 Å². The van der Waals surface area contributed by atoms with Gasteiger partial charge in [0.25, 0.3) is 0 Å². The van der Waals surface area contributed by atoms with Crippen LogP contribution in [0.2, 0.25) is 0 Å². The van der Waals surface area contributed by atoms with E-state index in [1.165, 1.54) is 27.7 Å². The van der Waals surface area contributed by atoms with Crippen LogP contribution in [0.3, 0.4) is 0 Å². The monoisotopic (exact) mass is 534 g/mol. The lowest BCUT2D eigenvalue weighted by atomic mass is 9.77. The number of hydrogen-bond donors (Lipinski definition) is 0. The summed E-state index contributed by atoms with van der Waals surface area (Å²) in [7, 11) is -0.675. The highest BCUT2D eigenvalue weighted by molar-refractivity contribution is 6.62. The van der Waals surface area contributed by atoms with E-state index in [2.05, 4.69) is 0 Å². The van der Waals surface area contributed by atoms with Crippen LogP contribution in [0.15, 0.2) is 24.3 Å². The second-order valence-electron chi connectivity index (χ2n) is 10.4. The second kappa shape index (κ2) is 11.4. The minimum atomic E-state index is -1.25. The summed E-state index contributed by atoms with van der Waals surface area (Å²) in [4.78, 5) is 47.7. The lowest BCUT2D eigenvalue weighted by molar-refractivity contribution is -0.254. The molecule has 0 aromatic heterocycles. The molecule has 1 aromatic carbocycles. The van der Waals surface area contributed by atoms with Gasteiger partial charge in [-0.05, 0) is 38.7 Å². The lowest BCUT2D eigenvalue weighted by Crippen LogP contribution is -2.59. The third-order valence-corrected chi connectivity index (χ3v) is 6.76. The Balaban J connectivity index is 2.05. The Bertz CT molecular complexity index is 1050. The zero-order valence-electron chi connectivity index (χ0n) is 23.0. The molecule has 0 spiro atoms. The van der Waals surface area contributed by atoms with Gasteiger partial charge in [0, 0.05) is 27.7 Å². The molecule has 12 heteroatoms. The SMILES string of the molecule is CC(=O)OCC1O[C@H](c2cccc(B3OC(C)(C)C(C)(C)O3)c2)C(OC(C)=O)C(OC(C)=O)[C@@H]1OC(C)=O. The zero-order chi connectivity index (χ0) is 28.4. The molecule has 2 aliphatic rings. The maximum atomic E-state index is 12.1. The minimum Gasteiger partial charge on any atom is -0.463 e. The van der Waals surface area contributed by atoms with Gasteiger partial charge in [0.2, 0.25) is 0 Å². The van der Waals surface area contributed by atoms with Gasteiger partial charge in [-0.2, -0.15) is 0 Å². The Morgan fingerprint density at radius 2 is 1.32 bits per heavy atom. The lowest BCUT2D eigenvalue weighted by Gasteiger charge is -2.44. The van der Waals surface area contributed by atoms with E-state index in [0.29, 0.717) is 11.0 Å². The largest absolute Gasteiger partial charge is 0.494 e. The molecule has 11 nitrogen and oxygen atoms in total. The average molecular weight is 534 g/mol. The van der Waals surface area contributed by atoms with Gasteiger partial charge in [-0.25, -0.2) is 0 Å². The van der Waals surface area contributed by atoms with Gasteiger partial charge in [0.1, 0.15) is 18.8 Å². The molecule has 2 fully saturated rings. The highest BCUT2D eigenvalue weighted by atomic mass is 16.7. The topological polar surface area (TPSA) is 133 Å².